The number of benzene rings is 1. The third kappa shape index (κ3) is 5.93. The molecule has 1 aliphatic carbocycles. The molecule has 1 amide bonds. The van der Waals surface area contributed by atoms with Gasteiger partial charge in [0.05, 0.1) is 6.61 Å². The predicted molar refractivity (Wildman–Crippen MR) is 108 cm³/mol. The molecule has 2 rings (SSSR count). The molecule has 1 fully saturated rings. The summed E-state index contributed by atoms with van der Waals surface area (Å²) in [7, 11) is 0. The first-order valence-corrected chi connectivity index (χ1v) is 10.3. The Labute approximate surface area is 167 Å². The van der Waals surface area contributed by atoms with Gasteiger partial charge in [0.2, 0.25) is 0 Å². The van der Waals surface area contributed by atoms with Gasteiger partial charge in [0.1, 0.15) is 24.1 Å². The van der Waals surface area contributed by atoms with Gasteiger partial charge in [0, 0.05) is 6.54 Å². The van der Waals surface area contributed by atoms with E-state index in [9.17, 15) is 15.0 Å². The molecule has 158 valence electrons. The van der Waals surface area contributed by atoms with E-state index in [1.54, 1.807) is 6.07 Å². The Hall–Kier alpha value is -1.63. The second-order valence-corrected chi connectivity index (χ2v) is 8.46. The first-order chi connectivity index (χ1) is 13.3. The van der Waals surface area contributed by atoms with Crippen molar-refractivity contribution in [1.82, 2.24) is 5.32 Å². The number of hydrogen-bond acceptors (Lipinski definition) is 5. The maximum absolute atomic E-state index is 12.8. The number of rotatable bonds is 9. The average molecular weight is 394 g/mol. The molecule has 0 aliphatic heterocycles. The van der Waals surface area contributed by atoms with Crippen LogP contribution in [0.25, 0.3) is 0 Å². The van der Waals surface area contributed by atoms with Crippen LogP contribution in [0.3, 0.4) is 0 Å². The Morgan fingerprint density at radius 3 is 2.79 bits per heavy atom. The van der Waals surface area contributed by atoms with Crippen molar-refractivity contribution < 1.29 is 24.9 Å². The fraction of sp³-hybridized carbons (Fsp3) is 0.682. The van der Waals surface area contributed by atoms with Gasteiger partial charge in [0.25, 0.3) is 5.91 Å². The number of aliphatic hydroxyl groups is 3. The lowest BCUT2D eigenvalue weighted by atomic mass is 9.66. The summed E-state index contributed by atoms with van der Waals surface area (Å²) >= 11 is 0. The zero-order valence-corrected chi connectivity index (χ0v) is 17.2. The number of aliphatic hydroxyl groups excluding tert-OH is 2. The summed E-state index contributed by atoms with van der Waals surface area (Å²) in [4.78, 5) is 12.8. The van der Waals surface area contributed by atoms with Crippen molar-refractivity contribution in [3.63, 3.8) is 0 Å². The first kappa shape index (κ1) is 22.7. The van der Waals surface area contributed by atoms with E-state index in [-0.39, 0.29) is 31.0 Å². The molecule has 0 saturated heterocycles. The lowest BCUT2D eigenvalue weighted by Gasteiger charge is -2.43. The topological polar surface area (TPSA) is 99.0 Å². The molecule has 1 unspecified atom stereocenters. The van der Waals surface area contributed by atoms with Crippen LogP contribution in [0.15, 0.2) is 24.3 Å². The lowest BCUT2D eigenvalue weighted by molar-refractivity contribution is -0.155. The molecule has 1 aliphatic rings. The third-order valence-corrected chi connectivity index (χ3v) is 5.69. The molecule has 0 radical (unpaired) electrons. The molecule has 0 aromatic heterocycles. The molecular formula is C22H35NO5. The first-order valence-electron chi connectivity index (χ1n) is 10.3. The van der Waals surface area contributed by atoms with Gasteiger partial charge in [-0.1, -0.05) is 39.3 Å². The van der Waals surface area contributed by atoms with Crippen LogP contribution in [-0.4, -0.2) is 52.7 Å². The van der Waals surface area contributed by atoms with Gasteiger partial charge in [-0.25, -0.2) is 0 Å². The Kier molecular flexibility index (Phi) is 8.28. The van der Waals surface area contributed by atoms with Gasteiger partial charge in [-0.3, -0.25) is 4.79 Å². The lowest BCUT2D eigenvalue weighted by Crippen LogP contribution is -2.56. The summed E-state index contributed by atoms with van der Waals surface area (Å²) in [6, 6.07) is 7.43. The predicted octanol–water partition coefficient (Wildman–Crippen LogP) is 1.90. The van der Waals surface area contributed by atoms with Crippen LogP contribution in [0.1, 0.15) is 45.6 Å². The number of nitrogens with one attached hydrogen (secondary N) is 1. The molecular weight excluding hydrogens is 358 g/mol. The number of carbonyl (C=O) groups is 1. The van der Waals surface area contributed by atoms with Crippen LogP contribution in [0.4, 0.5) is 0 Å². The molecule has 6 nitrogen and oxygen atoms in total. The fourth-order valence-electron chi connectivity index (χ4n) is 4.14. The number of amides is 1. The second kappa shape index (κ2) is 10.2. The van der Waals surface area contributed by atoms with Crippen molar-refractivity contribution in [1.29, 1.82) is 0 Å². The minimum atomic E-state index is -1.29. The van der Waals surface area contributed by atoms with E-state index in [4.69, 9.17) is 9.84 Å². The summed E-state index contributed by atoms with van der Waals surface area (Å²) in [5.41, 5.74) is -0.308. The van der Waals surface area contributed by atoms with E-state index < -0.39 is 11.7 Å². The Balaban J connectivity index is 1.90. The summed E-state index contributed by atoms with van der Waals surface area (Å²) in [6.45, 7) is 6.34. The van der Waals surface area contributed by atoms with Gasteiger partial charge < -0.3 is 25.4 Å². The van der Waals surface area contributed by atoms with Crippen LogP contribution < -0.4 is 10.1 Å². The minimum Gasteiger partial charge on any atom is -0.491 e. The van der Waals surface area contributed by atoms with Crippen molar-refractivity contribution in [2.45, 2.75) is 58.2 Å². The van der Waals surface area contributed by atoms with Crippen LogP contribution >= 0.6 is 0 Å². The van der Waals surface area contributed by atoms with Crippen LogP contribution in [0.2, 0.25) is 0 Å². The van der Waals surface area contributed by atoms with Gasteiger partial charge in [-0.15, -0.1) is 0 Å². The third-order valence-electron chi connectivity index (χ3n) is 5.69. The van der Waals surface area contributed by atoms with E-state index in [0.29, 0.717) is 31.1 Å². The molecule has 28 heavy (non-hydrogen) atoms. The highest BCUT2D eigenvalue weighted by Crippen LogP contribution is 2.41. The molecule has 1 saturated carbocycles. The van der Waals surface area contributed by atoms with E-state index in [1.165, 1.54) is 0 Å². The van der Waals surface area contributed by atoms with E-state index in [2.05, 4.69) is 26.1 Å². The summed E-state index contributed by atoms with van der Waals surface area (Å²) in [5, 5.41) is 32.3. The van der Waals surface area contributed by atoms with Crippen LogP contribution in [0.5, 0.6) is 5.75 Å². The van der Waals surface area contributed by atoms with Crippen molar-refractivity contribution in [2.24, 2.45) is 17.8 Å². The maximum Gasteiger partial charge on any atom is 0.252 e. The van der Waals surface area contributed by atoms with Crippen LogP contribution in [0, 0.1) is 17.8 Å². The molecule has 1 aromatic rings. The highest BCUT2D eigenvalue weighted by atomic mass is 16.5. The molecule has 0 bridgehead atoms. The molecule has 0 spiro atoms. The number of hydrogen-bond donors (Lipinski definition) is 4. The highest BCUT2D eigenvalue weighted by Gasteiger charge is 2.48. The summed E-state index contributed by atoms with van der Waals surface area (Å²) < 4.78 is 5.45. The zero-order valence-electron chi connectivity index (χ0n) is 17.2. The monoisotopic (exact) mass is 393 g/mol. The fourth-order valence-corrected chi connectivity index (χ4v) is 4.14. The van der Waals surface area contributed by atoms with Crippen LogP contribution in [-0.2, 0) is 11.2 Å². The van der Waals surface area contributed by atoms with Gasteiger partial charge in [-0.2, -0.15) is 0 Å². The largest absolute Gasteiger partial charge is 0.491 e. The number of carbonyl (C=O) groups excluding carboxylic acids is 1. The summed E-state index contributed by atoms with van der Waals surface area (Å²) in [5.74, 6) is 0.922. The SMILES string of the molecule is CC(C)[C@@H]1CC[C@@H](C)C[C@@]1(O)C(=O)NCCc1cccc(OCC(O)CO)c1. The smallest absolute Gasteiger partial charge is 0.252 e. The Bertz CT molecular complexity index is 635. The maximum atomic E-state index is 12.8. The number of ether oxygens (including phenoxy) is 1. The van der Waals surface area contributed by atoms with Crippen molar-refractivity contribution in [3.05, 3.63) is 29.8 Å². The average Bonchev–Trinajstić information content (AvgIpc) is 2.66. The van der Waals surface area contributed by atoms with Gasteiger partial charge >= 0.3 is 0 Å². The Morgan fingerprint density at radius 2 is 2.11 bits per heavy atom. The zero-order chi connectivity index (χ0) is 20.7. The van der Waals surface area contributed by atoms with E-state index in [1.807, 2.05) is 18.2 Å². The van der Waals surface area contributed by atoms with Gasteiger partial charge in [-0.05, 0) is 54.7 Å². The van der Waals surface area contributed by atoms with E-state index in [0.717, 1.165) is 18.4 Å². The quantitative estimate of drug-likeness (QED) is 0.514. The highest BCUT2D eigenvalue weighted by molar-refractivity contribution is 5.85. The standard InChI is InChI=1S/C22H35NO5/c1-15(2)20-8-7-16(3)12-22(20,27)21(26)23-10-9-17-5-4-6-19(11-17)28-14-18(25)13-24/h4-6,11,15-16,18,20,24-25,27H,7-10,12-14H2,1-3H3,(H,23,26)/t16-,18?,20+,22+/m1/s1. The van der Waals surface area contributed by atoms with Crippen molar-refractivity contribution >= 4 is 5.91 Å². The molecule has 4 atom stereocenters. The molecule has 6 heteroatoms. The molecule has 0 heterocycles. The van der Waals surface area contributed by atoms with Crippen molar-refractivity contribution in [3.8, 4) is 5.75 Å². The second-order valence-electron chi connectivity index (χ2n) is 8.46. The molecule has 1 aromatic carbocycles. The van der Waals surface area contributed by atoms with Gasteiger partial charge in [0.15, 0.2) is 0 Å². The minimum absolute atomic E-state index is 0.0154. The van der Waals surface area contributed by atoms with E-state index >= 15 is 0 Å². The van der Waals surface area contributed by atoms with Crippen molar-refractivity contribution in [2.75, 3.05) is 19.8 Å². The Morgan fingerprint density at radius 1 is 1.36 bits per heavy atom. The normalized spacial score (nSPS) is 26.1. The summed E-state index contributed by atoms with van der Waals surface area (Å²) in [6.07, 6.45) is 2.15. The molecule has 4 N–H and O–H groups in total.